The smallest absolute Gasteiger partial charge is 0.254 e. The molecule has 98 valence electrons. The van der Waals surface area contributed by atoms with Crippen LogP contribution in [0.2, 0.25) is 0 Å². The van der Waals surface area contributed by atoms with Crippen LogP contribution in [0.1, 0.15) is 43.0 Å². The standard InChI is InChI=1S/C14H21N3O/c1-2-16-13-7-8-15-10-12(13)14(18)17-9-6-11-4-3-5-11/h7-8,10-11H,2-6,9H2,1H3,(H,15,16)(H,17,18). The fourth-order valence-corrected chi connectivity index (χ4v) is 2.19. The highest BCUT2D eigenvalue weighted by molar-refractivity contribution is 5.99. The molecule has 2 N–H and O–H groups in total. The number of rotatable bonds is 6. The van der Waals surface area contributed by atoms with E-state index < -0.39 is 0 Å². The van der Waals surface area contributed by atoms with Gasteiger partial charge in [0.2, 0.25) is 0 Å². The zero-order chi connectivity index (χ0) is 12.8. The lowest BCUT2D eigenvalue weighted by Gasteiger charge is -2.25. The van der Waals surface area contributed by atoms with Crippen LogP contribution < -0.4 is 10.6 Å². The first-order valence-electron chi connectivity index (χ1n) is 6.77. The van der Waals surface area contributed by atoms with E-state index in [2.05, 4.69) is 15.6 Å². The third-order valence-corrected chi connectivity index (χ3v) is 3.50. The van der Waals surface area contributed by atoms with Crippen LogP contribution in [-0.2, 0) is 0 Å². The van der Waals surface area contributed by atoms with Crippen molar-refractivity contribution in [3.05, 3.63) is 24.0 Å². The number of pyridine rings is 1. The lowest BCUT2D eigenvalue weighted by atomic mass is 9.83. The molecule has 0 unspecified atom stereocenters. The maximum absolute atomic E-state index is 12.0. The predicted molar refractivity (Wildman–Crippen MR) is 72.7 cm³/mol. The molecule has 0 atom stereocenters. The van der Waals surface area contributed by atoms with Crippen LogP contribution in [0.25, 0.3) is 0 Å². The number of carbonyl (C=O) groups is 1. The summed E-state index contributed by atoms with van der Waals surface area (Å²) in [5.41, 5.74) is 1.49. The van der Waals surface area contributed by atoms with Gasteiger partial charge >= 0.3 is 0 Å². The third-order valence-electron chi connectivity index (χ3n) is 3.50. The van der Waals surface area contributed by atoms with Crippen LogP contribution in [-0.4, -0.2) is 24.0 Å². The molecule has 18 heavy (non-hydrogen) atoms. The summed E-state index contributed by atoms with van der Waals surface area (Å²) in [6, 6.07) is 1.84. The van der Waals surface area contributed by atoms with Gasteiger partial charge < -0.3 is 10.6 Å². The highest BCUT2D eigenvalue weighted by Crippen LogP contribution is 2.28. The Bertz CT molecular complexity index is 402. The maximum Gasteiger partial charge on any atom is 0.254 e. The number of hydrogen-bond donors (Lipinski definition) is 2. The zero-order valence-electron chi connectivity index (χ0n) is 10.9. The van der Waals surface area contributed by atoms with Crippen molar-refractivity contribution in [2.24, 2.45) is 5.92 Å². The molecule has 1 aliphatic rings. The fourth-order valence-electron chi connectivity index (χ4n) is 2.19. The van der Waals surface area contributed by atoms with Crippen molar-refractivity contribution in [1.29, 1.82) is 0 Å². The van der Waals surface area contributed by atoms with Gasteiger partial charge in [0.15, 0.2) is 0 Å². The lowest BCUT2D eigenvalue weighted by Crippen LogP contribution is -2.28. The minimum Gasteiger partial charge on any atom is -0.385 e. The summed E-state index contributed by atoms with van der Waals surface area (Å²) in [6.07, 6.45) is 8.42. The third kappa shape index (κ3) is 3.22. The molecule has 1 saturated carbocycles. The van der Waals surface area contributed by atoms with Crippen LogP contribution in [0, 0.1) is 5.92 Å². The number of hydrogen-bond acceptors (Lipinski definition) is 3. The monoisotopic (exact) mass is 247 g/mol. The van der Waals surface area contributed by atoms with Crippen molar-refractivity contribution in [2.45, 2.75) is 32.6 Å². The van der Waals surface area contributed by atoms with E-state index in [-0.39, 0.29) is 5.91 Å². The van der Waals surface area contributed by atoms with Crippen molar-refractivity contribution >= 4 is 11.6 Å². The van der Waals surface area contributed by atoms with E-state index in [1.165, 1.54) is 19.3 Å². The summed E-state index contributed by atoms with van der Waals surface area (Å²) in [7, 11) is 0. The Kier molecular flexibility index (Phi) is 4.56. The average molecular weight is 247 g/mol. The van der Waals surface area contributed by atoms with Gasteiger partial charge in [0.25, 0.3) is 5.91 Å². The Morgan fingerprint density at radius 3 is 3.00 bits per heavy atom. The molecule has 4 heteroatoms. The lowest BCUT2D eigenvalue weighted by molar-refractivity contribution is 0.0949. The number of carbonyl (C=O) groups excluding carboxylic acids is 1. The largest absolute Gasteiger partial charge is 0.385 e. The Balaban J connectivity index is 1.86. The van der Waals surface area contributed by atoms with E-state index in [1.807, 2.05) is 13.0 Å². The number of aromatic nitrogens is 1. The molecule has 2 rings (SSSR count). The number of nitrogens with one attached hydrogen (secondary N) is 2. The second-order valence-electron chi connectivity index (χ2n) is 4.79. The van der Waals surface area contributed by atoms with Gasteiger partial charge in [0.1, 0.15) is 0 Å². The van der Waals surface area contributed by atoms with E-state index in [0.717, 1.165) is 31.1 Å². The van der Waals surface area contributed by atoms with Gasteiger partial charge in [-0.1, -0.05) is 19.3 Å². The first-order valence-corrected chi connectivity index (χ1v) is 6.77. The van der Waals surface area contributed by atoms with Crippen LogP contribution in [0.15, 0.2) is 18.5 Å². The Hall–Kier alpha value is -1.58. The maximum atomic E-state index is 12.0. The Morgan fingerprint density at radius 1 is 1.50 bits per heavy atom. The molecule has 0 saturated heterocycles. The molecule has 0 aliphatic heterocycles. The van der Waals surface area contributed by atoms with Crippen LogP contribution in [0.4, 0.5) is 5.69 Å². The van der Waals surface area contributed by atoms with Crippen LogP contribution in [0.3, 0.4) is 0 Å². The molecule has 1 aliphatic carbocycles. The molecule has 1 heterocycles. The van der Waals surface area contributed by atoms with Gasteiger partial charge in [-0.25, -0.2) is 0 Å². The van der Waals surface area contributed by atoms with E-state index >= 15 is 0 Å². The van der Waals surface area contributed by atoms with Gasteiger partial charge in [-0.2, -0.15) is 0 Å². The van der Waals surface area contributed by atoms with E-state index in [9.17, 15) is 4.79 Å². The van der Waals surface area contributed by atoms with E-state index in [1.54, 1.807) is 12.4 Å². The van der Waals surface area contributed by atoms with Crippen LogP contribution in [0.5, 0.6) is 0 Å². The topological polar surface area (TPSA) is 54.0 Å². The first-order chi connectivity index (χ1) is 8.81. The van der Waals surface area contributed by atoms with Gasteiger partial charge in [-0.15, -0.1) is 0 Å². The molecular formula is C14H21N3O. The second-order valence-corrected chi connectivity index (χ2v) is 4.79. The molecule has 0 aromatic carbocycles. The number of nitrogens with zero attached hydrogens (tertiary/aromatic N) is 1. The Labute approximate surface area is 108 Å². The predicted octanol–water partition coefficient (Wildman–Crippen LogP) is 2.43. The highest BCUT2D eigenvalue weighted by Gasteiger charge is 2.17. The normalized spacial score (nSPS) is 14.9. The minimum atomic E-state index is -0.0293. The SMILES string of the molecule is CCNc1ccncc1C(=O)NCCC1CCC1. The molecule has 4 nitrogen and oxygen atoms in total. The van der Waals surface area contributed by atoms with E-state index in [0.29, 0.717) is 5.56 Å². The average Bonchev–Trinajstić information content (AvgIpc) is 2.33. The second kappa shape index (κ2) is 6.38. The minimum absolute atomic E-state index is 0.0293. The van der Waals surface area contributed by atoms with Crippen LogP contribution >= 0.6 is 0 Å². The van der Waals surface area contributed by atoms with Gasteiger partial charge in [0.05, 0.1) is 11.3 Å². The van der Waals surface area contributed by atoms with Crippen molar-refractivity contribution in [3.63, 3.8) is 0 Å². The summed E-state index contributed by atoms with van der Waals surface area (Å²) >= 11 is 0. The van der Waals surface area contributed by atoms with Crippen molar-refractivity contribution in [2.75, 3.05) is 18.4 Å². The van der Waals surface area contributed by atoms with E-state index in [4.69, 9.17) is 0 Å². The Morgan fingerprint density at radius 2 is 2.33 bits per heavy atom. The fraction of sp³-hybridized carbons (Fsp3) is 0.571. The van der Waals surface area contributed by atoms with Crippen molar-refractivity contribution in [3.8, 4) is 0 Å². The molecule has 1 amide bonds. The van der Waals surface area contributed by atoms with Gasteiger partial charge in [0, 0.05) is 25.5 Å². The summed E-state index contributed by atoms with van der Waals surface area (Å²) < 4.78 is 0. The highest BCUT2D eigenvalue weighted by atomic mass is 16.1. The number of anilines is 1. The molecular weight excluding hydrogens is 226 g/mol. The molecule has 0 spiro atoms. The molecule has 0 radical (unpaired) electrons. The van der Waals surface area contributed by atoms with Crippen molar-refractivity contribution in [1.82, 2.24) is 10.3 Å². The zero-order valence-corrected chi connectivity index (χ0v) is 10.9. The summed E-state index contributed by atoms with van der Waals surface area (Å²) in [6.45, 7) is 3.58. The molecule has 1 fully saturated rings. The quantitative estimate of drug-likeness (QED) is 0.811. The first kappa shape index (κ1) is 12.9. The summed E-state index contributed by atoms with van der Waals surface area (Å²) in [5, 5.41) is 6.16. The number of amides is 1. The van der Waals surface area contributed by atoms with Gasteiger partial charge in [-0.3, -0.25) is 9.78 Å². The molecule has 1 aromatic rings. The summed E-state index contributed by atoms with van der Waals surface area (Å²) in [5.74, 6) is 0.797. The van der Waals surface area contributed by atoms with Gasteiger partial charge in [-0.05, 0) is 25.3 Å². The van der Waals surface area contributed by atoms with Crippen molar-refractivity contribution < 1.29 is 4.79 Å². The molecule has 1 aromatic heterocycles. The summed E-state index contributed by atoms with van der Waals surface area (Å²) in [4.78, 5) is 16.1. The molecule has 0 bridgehead atoms.